The van der Waals surface area contributed by atoms with Crippen LogP contribution in [0.1, 0.15) is 54.9 Å². The van der Waals surface area contributed by atoms with Crippen LogP contribution in [0.3, 0.4) is 0 Å². The lowest BCUT2D eigenvalue weighted by atomic mass is 9.97. The number of hydrogen-bond donors (Lipinski definition) is 0. The monoisotopic (exact) mass is 297 g/mol. The topological polar surface area (TPSA) is 21.1 Å². The average molecular weight is 297 g/mol. The van der Waals surface area contributed by atoms with Gasteiger partial charge in [-0.05, 0) is 77.4 Å². The van der Waals surface area contributed by atoms with Gasteiger partial charge < -0.3 is 4.90 Å². The van der Waals surface area contributed by atoms with Crippen molar-refractivity contribution in [3.8, 4) is 11.1 Å². The molecule has 0 saturated heterocycles. The van der Waals surface area contributed by atoms with Gasteiger partial charge in [-0.25, -0.2) is 0 Å². The average Bonchev–Trinajstić information content (AvgIpc) is 2.99. The number of rotatable bonds is 3. The molecule has 1 atom stereocenters. The van der Waals surface area contributed by atoms with Crippen LogP contribution in [0.4, 0.5) is 0 Å². The van der Waals surface area contributed by atoms with Crippen molar-refractivity contribution in [1.82, 2.24) is 14.7 Å². The Hall–Kier alpha value is -1.61. The molecule has 1 unspecified atom stereocenters. The van der Waals surface area contributed by atoms with Crippen LogP contribution < -0.4 is 0 Å². The smallest absolute Gasteiger partial charge is 0.0675 e. The zero-order chi connectivity index (χ0) is 16.0. The van der Waals surface area contributed by atoms with Crippen molar-refractivity contribution in [2.24, 2.45) is 0 Å². The lowest BCUT2D eigenvalue weighted by Crippen LogP contribution is -2.17. The molecule has 0 saturated carbocycles. The third-order valence-electron chi connectivity index (χ3n) is 4.92. The Bertz CT molecular complexity index is 695. The van der Waals surface area contributed by atoms with Gasteiger partial charge in [-0.3, -0.25) is 4.68 Å². The van der Waals surface area contributed by atoms with Crippen LogP contribution in [0.25, 0.3) is 11.1 Å². The molecule has 0 N–H and O–H groups in total. The van der Waals surface area contributed by atoms with E-state index in [-0.39, 0.29) is 0 Å². The van der Waals surface area contributed by atoms with Crippen LogP contribution in [0.15, 0.2) is 18.2 Å². The summed E-state index contributed by atoms with van der Waals surface area (Å²) >= 11 is 0. The second kappa shape index (κ2) is 5.54. The van der Waals surface area contributed by atoms with Crippen molar-refractivity contribution in [1.29, 1.82) is 0 Å². The number of benzene rings is 1. The standard InChI is InChI=1S/C19H27N3/c1-12(2)22-14(4)19(13(3)20-22)16-8-7-15-9-10-18(21(5)6)17(15)11-16/h7-8,11-12,18H,9-10H2,1-6H3. The maximum absolute atomic E-state index is 4.74. The van der Waals surface area contributed by atoms with Crippen LogP contribution in [-0.2, 0) is 6.42 Å². The molecule has 3 heteroatoms. The first kappa shape index (κ1) is 15.3. The minimum atomic E-state index is 0.399. The molecule has 2 aromatic rings. The van der Waals surface area contributed by atoms with E-state index in [2.05, 4.69) is 69.6 Å². The Balaban J connectivity index is 2.10. The number of fused-ring (bicyclic) bond motifs is 1. The van der Waals surface area contributed by atoms with Gasteiger partial charge in [0.25, 0.3) is 0 Å². The molecular weight excluding hydrogens is 270 g/mol. The summed E-state index contributed by atoms with van der Waals surface area (Å²) in [6, 6.07) is 7.94. The predicted octanol–water partition coefficient (Wildman–Crippen LogP) is 4.30. The molecule has 1 aromatic heterocycles. The normalized spacial score (nSPS) is 17.5. The largest absolute Gasteiger partial charge is 0.302 e. The van der Waals surface area contributed by atoms with Gasteiger partial charge in [0.2, 0.25) is 0 Å². The van der Waals surface area contributed by atoms with Crippen LogP contribution in [0.5, 0.6) is 0 Å². The van der Waals surface area contributed by atoms with Crippen molar-refractivity contribution in [2.45, 2.75) is 52.6 Å². The van der Waals surface area contributed by atoms with Gasteiger partial charge in [-0.1, -0.05) is 12.1 Å². The molecule has 0 spiro atoms. The predicted molar refractivity (Wildman–Crippen MR) is 92.3 cm³/mol. The highest BCUT2D eigenvalue weighted by molar-refractivity contribution is 5.70. The van der Waals surface area contributed by atoms with E-state index in [1.165, 1.54) is 40.8 Å². The lowest BCUT2D eigenvalue weighted by molar-refractivity contribution is 0.299. The SMILES string of the molecule is Cc1nn(C(C)C)c(C)c1-c1ccc2c(c1)C(N(C)C)CC2. The molecule has 1 aliphatic rings. The molecule has 1 heterocycles. The Kier molecular flexibility index (Phi) is 3.85. The molecule has 1 aliphatic carbocycles. The second-order valence-corrected chi connectivity index (χ2v) is 7.02. The van der Waals surface area contributed by atoms with Crippen molar-refractivity contribution < 1.29 is 0 Å². The van der Waals surface area contributed by atoms with Gasteiger partial charge in [0.15, 0.2) is 0 Å². The van der Waals surface area contributed by atoms with E-state index >= 15 is 0 Å². The summed E-state index contributed by atoms with van der Waals surface area (Å²) in [4.78, 5) is 2.34. The number of nitrogens with zero attached hydrogens (tertiary/aromatic N) is 3. The molecule has 0 bridgehead atoms. The number of hydrogen-bond acceptors (Lipinski definition) is 2. The zero-order valence-electron chi connectivity index (χ0n) is 14.6. The highest BCUT2D eigenvalue weighted by Gasteiger charge is 2.25. The van der Waals surface area contributed by atoms with Gasteiger partial charge in [-0.2, -0.15) is 5.10 Å². The Morgan fingerprint density at radius 1 is 1.23 bits per heavy atom. The third-order valence-corrected chi connectivity index (χ3v) is 4.92. The van der Waals surface area contributed by atoms with Gasteiger partial charge in [0, 0.05) is 23.3 Å². The zero-order valence-corrected chi connectivity index (χ0v) is 14.6. The summed E-state index contributed by atoms with van der Waals surface area (Å²) in [6.45, 7) is 8.69. The van der Waals surface area contributed by atoms with E-state index < -0.39 is 0 Å². The summed E-state index contributed by atoms with van der Waals surface area (Å²) in [5.74, 6) is 0. The summed E-state index contributed by atoms with van der Waals surface area (Å²) in [5, 5.41) is 4.74. The molecule has 0 aliphatic heterocycles. The maximum atomic E-state index is 4.74. The molecule has 22 heavy (non-hydrogen) atoms. The molecule has 3 nitrogen and oxygen atoms in total. The van der Waals surface area contributed by atoms with E-state index in [4.69, 9.17) is 5.10 Å². The van der Waals surface area contributed by atoms with Crippen molar-refractivity contribution >= 4 is 0 Å². The van der Waals surface area contributed by atoms with E-state index in [9.17, 15) is 0 Å². The molecule has 0 fully saturated rings. The molecular formula is C19H27N3. The van der Waals surface area contributed by atoms with E-state index in [0.29, 0.717) is 12.1 Å². The lowest BCUT2D eigenvalue weighted by Gasteiger charge is -2.20. The van der Waals surface area contributed by atoms with Gasteiger partial charge in [-0.15, -0.1) is 0 Å². The van der Waals surface area contributed by atoms with Gasteiger partial charge >= 0.3 is 0 Å². The maximum Gasteiger partial charge on any atom is 0.0675 e. The summed E-state index contributed by atoms with van der Waals surface area (Å²) in [7, 11) is 4.36. The first-order valence-corrected chi connectivity index (χ1v) is 8.25. The van der Waals surface area contributed by atoms with Crippen molar-refractivity contribution in [3.63, 3.8) is 0 Å². The summed E-state index contributed by atoms with van der Waals surface area (Å²) in [6.07, 6.45) is 2.43. The molecule has 118 valence electrons. The molecule has 0 radical (unpaired) electrons. The highest BCUT2D eigenvalue weighted by atomic mass is 15.3. The summed E-state index contributed by atoms with van der Waals surface area (Å²) in [5.41, 5.74) is 8.03. The molecule has 0 amide bonds. The van der Waals surface area contributed by atoms with Crippen molar-refractivity contribution in [2.75, 3.05) is 14.1 Å². The van der Waals surface area contributed by atoms with E-state index in [0.717, 1.165) is 5.69 Å². The van der Waals surface area contributed by atoms with Crippen LogP contribution in [0.2, 0.25) is 0 Å². The highest BCUT2D eigenvalue weighted by Crippen LogP contribution is 2.38. The Morgan fingerprint density at radius 2 is 1.95 bits per heavy atom. The first-order valence-electron chi connectivity index (χ1n) is 8.25. The fraction of sp³-hybridized carbons (Fsp3) is 0.526. The van der Waals surface area contributed by atoms with Gasteiger partial charge in [0.05, 0.1) is 5.69 Å². The summed E-state index contributed by atoms with van der Waals surface area (Å²) < 4.78 is 2.14. The number of aromatic nitrogens is 2. The molecule has 1 aromatic carbocycles. The first-order chi connectivity index (χ1) is 10.4. The quantitative estimate of drug-likeness (QED) is 0.842. The Labute approximate surface area is 133 Å². The van der Waals surface area contributed by atoms with E-state index in [1.807, 2.05) is 0 Å². The van der Waals surface area contributed by atoms with Gasteiger partial charge in [0.1, 0.15) is 0 Å². The van der Waals surface area contributed by atoms with Crippen molar-refractivity contribution in [3.05, 3.63) is 40.7 Å². The van der Waals surface area contributed by atoms with E-state index in [1.54, 1.807) is 0 Å². The second-order valence-electron chi connectivity index (χ2n) is 7.02. The van der Waals surface area contributed by atoms with Crippen LogP contribution in [-0.4, -0.2) is 28.8 Å². The van der Waals surface area contributed by atoms with Crippen LogP contribution in [0, 0.1) is 13.8 Å². The molecule has 3 rings (SSSR count). The fourth-order valence-corrected chi connectivity index (χ4v) is 3.86. The minimum Gasteiger partial charge on any atom is -0.302 e. The number of aryl methyl sites for hydroxylation is 2. The fourth-order valence-electron chi connectivity index (χ4n) is 3.86. The minimum absolute atomic E-state index is 0.399. The van der Waals surface area contributed by atoms with Crippen LogP contribution >= 0.6 is 0 Å². The third kappa shape index (κ3) is 2.38. The Morgan fingerprint density at radius 3 is 2.55 bits per heavy atom.